The zero-order valence-electron chi connectivity index (χ0n) is 16.8. The summed E-state index contributed by atoms with van der Waals surface area (Å²) >= 11 is 0. The third kappa shape index (κ3) is 3.70. The Labute approximate surface area is 172 Å². The molecule has 0 aromatic carbocycles. The first-order valence-corrected chi connectivity index (χ1v) is 10.00. The summed E-state index contributed by atoms with van der Waals surface area (Å²) in [5, 5.41) is 20.1. The van der Waals surface area contributed by atoms with Gasteiger partial charge in [-0.2, -0.15) is 0 Å². The van der Waals surface area contributed by atoms with Crippen molar-refractivity contribution in [2.45, 2.75) is 56.3 Å². The molecule has 4 heterocycles. The summed E-state index contributed by atoms with van der Waals surface area (Å²) in [7, 11) is 0. The van der Waals surface area contributed by atoms with Gasteiger partial charge >= 0.3 is 5.97 Å². The van der Waals surface area contributed by atoms with Crippen LogP contribution < -0.4 is 5.73 Å². The molecule has 0 aliphatic carbocycles. The lowest BCUT2D eigenvalue weighted by Crippen LogP contribution is -2.58. The van der Waals surface area contributed by atoms with Crippen molar-refractivity contribution in [1.29, 1.82) is 0 Å². The molecule has 30 heavy (non-hydrogen) atoms. The number of carbonyl (C=O) groups is 2. The van der Waals surface area contributed by atoms with Crippen molar-refractivity contribution in [3.8, 4) is 0 Å². The number of nitrogen functional groups attached to an aromatic ring is 1. The fraction of sp³-hybridized carbons (Fsp3) is 0.632. The molecule has 0 bridgehead atoms. The standard InChI is InChI=1S/C19H26N6O5/c1-18(29)9-19(4-6-24(7-5-19)13(26)2-3-14(27)28)30-8-12(18)25-11-23-15-16(20)21-10-22-17(15)25/h10-12,29H,2-9H2,1H3,(H,27,28)(H2,20,21,22)/t12-,18-/m0/s1. The van der Waals surface area contributed by atoms with E-state index in [0.717, 1.165) is 0 Å². The fourth-order valence-electron chi connectivity index (χ4n) is 4.59. The second-order valence-corrected chi connectivity index (χ2v) is 8.40. The van der Waals surface area contributed by atoms with Gasteiger partial charge in [0.1, 0.15) is 11.8 Å². The van der Waals surface area contributed by atoms with Crippen LogP contribution in [0.5, 0.6) is 0 Å². The number of carbonyl (C=O) groups excluding carboxylic acids is 1. The Hall–Kier alpha value is -2.79. The zero-order valence-corrected chi connectivity index (χ0v) is 16.8. The number of hydrogen-bond acceptors (Lipinski definition) is 8. The second-order valence-electron chi connectivity index (χ2n) is 8.40. The molecule has 11 nitrogen and oxygen atoms in total. The number of nitrogens with two attached hydrogens (primary N) is 1. The average Bonchev–Trinajstić information content (AvgIpc) is 3.11. The highest BCUT2D eigenvalue weighted by molar-refractivity contribution is 5.81. The molecule has 2 aliphatic rings. The number of rotatable bonds is 4. The van der Waals surface area contributed by atoms with Gasteiger partial charge in [-0.1, -0.05) is 0 Å². The number of fused-ring (bicyclic) bond motifs is 1. The van der Waals surface area contributed by atoms with E-state index in [9.17, 15) is 14.7 Å². The number of hydrogen-bond donors (Lipinski definition) is 3. The van der Waals surface area contributed by atoms with E-state index in [1.807, 2.05) is 0 Å². The van der Waals surface area contributed by atoms with Gasteiger partial charge in [0, 0.05) is 25.9 Å². The van der Waals surface area contributed by atoms with E-state index < -0.39 is 23.2 Å². The minimum absolute atomic E-state index is 0.00166. The molecular formula is C19H26N6O5. The molecule has 2 aliphatic heterocycles. The Morgan fingerprint density at radius 1 is 1.27 bits per heavy atom. The van der Waals surface area contributed by atoms with Gasteiger partial charge < -0.3 is 30.2 Å². The van der Waals surface area contributed by atoms with Crippen LogP contribution in [-0.4, -0.2) is 77.4 Å². The molecule has 2 saturated heterocycles. The molecule has 0 radical (unpaired) electrons. The Bertz CT molecular complexity index is 965. The van der Waals surface area contributed by atoms with E-state index in [1.165, 1.54) is 6.33 Å². The normalized spacial score (nSPS) is 26.2. The lowest BCUT2D eigenvalue weighted by atomic mass is 9.75. The highest BCUT2D eigenvalue weighted by Gasteiger charge is 2.50. The minimum atomic E-state index is -1.08. The van der Waals surface area contributed by atoms with Gasteiger partial charge in [-0.25, -0.2) is 15.0 Å². The zero-order chi connectivity index (χ0) is 21.5. The van der Waals surface area contributed by atoms with Crippen LogP contribution in [0.3, 0.4) is 0 Å². The maximum atomic E-state index is 12.2. The molecule has 2 atom stereocenters. The van der Waals surface area contributed by atoms with E-state index in [2.05, 4.69) is 15.0 Å². The third-order valence-corrected chi connectivity index (χ3v) is 6.25. The lowest BCUT2D eigenvalue weighted by Gasteiger charge is -2.51. The van der Waals surface area contributed by atoms with Gasteiger partial charge in [-0.3, -0.25) is 9.59 Å². The lowest BCUT2D eigenvalue weighted by molar-refractivity contribution is -0.197. The van der Waals surface area contributed by atoms with E-state index in [1.54, 1.807) is 22.7 Å². The molecule has 4 N–H and O–H groups in total. The minimum Gasteiger partial charge on any atom is -0.481 e. The largest absolute Gasteiger partial charge is 0.481 e. The quantitative estimate of drug-likeness (QED) is 0.637. The molecule has 1 spiro atoms. The van der Waals surface area contributed by atoms with Crippen LogP contribution in [0.15, 0.2) is 12.7 Å². The molecule has 2 fully saturated rings. The SMILES string of the molecule is C[C@]1(O)CC2(CCN(C(=O)CCC(=O)O)CC2)OC[C@@H]1n1cnc2c(N)ncnc21. The smallest absolute Gasteiger partial charge is 0.303 e. The monoisotopic (exact) mass is 418 g/mol. The molecule has 1 amide bonds. The Morgan fingerprint density at radius 3 is 2.67 bits per heavy atom. The Morgan fingerprint density at radius 2 is 2.00 bits per heavy atom. The predicted octanol–water partition coefficient (Wildman–Crippen LogP) is 0.347. The number of amides is 1. The first-order chi connectivity index (χ1) is 14.2. The summed E-state index contributed by atoms with van der Waals surface area (Å²) in [4.78, 5) is 37.1. The van der Waals surface area contributed by atoms with E-state index in [0.29, 0.717) is 43.5 Å². The van der Waals surface area contributed by atoms with Crippen molar-refractivity contribution in [3.63, 3.8) is 0 Å². The molecule has 2 aromatic heterocycles. The van der Waals surface area contributed by atoms with Crippen LogP contribution >= 0.6 is 0 Å². The number of anilines is 1. The average molecular weight is 418 g/mol. The topological polar surface area (TPSA) is 157 Å². The van der Waals surface area contributed by atoms with Crippen molar-refractivity contribution >= 4 is 28.9 Å². The number of aromatic nitrogens is 4. The van der Waals surface area contributed by atoms with Crippen LogP contribution in [0, 0.1) is 0 Å². The fourth-order valence-corrected chi connectivity index (χ4v) is 4.59. The number of imidazole rings is 1. The number of likely N-dealkylation sites (tertiary alicyclic amines) is 1. The highest BCUT2D eigenvalue weighted by Crippen LogP contribution is 2.44. The summed E-state index contributed by atoms with van der Waals surface area (Å²) in [6.45, 7) is 3.02. The number of nitrogens with zero attached hydrogens (tertiary/aromatic N) is 5. The van der Waals surface area contributed by atoms with E-state index in [-0.39, 0.29) is 31.2 Å². The predicted molar refractivity (Wildman–Crippen MR) is 105 cm³/mol. The molecule has 162 valence electrons. The first kappa shape index (κ1) is 20.5. The van der Waals surface area contributed by atoms with Crippen LogP contribution in [0.25, 0.3) is 11.2 Å². The Kier molecular flexibility index (Phi) is 5.10. The van der Waals surface area contributed by atoms with Gasteiger partial charge in [0.15, 0.2) is 11.5 Å². The number of aliphatic hydroxyl groups is 1. The molecule has 2 aromatic rings. The van der Waals surface area contributed by atoms with Gasteiger partial charge in [0.05, 0.1) is 36.6 Å². The Balaban J connectivity index is 1.45. The summed E-state index contributed by atoms with van der Waals surface area (Å²) < 4.78 is 8.05. The molecule has 0 saturated carbocycles. The highest BCUT2D eigenvalue weighted by atomic mass is 16.5. The van der Waals surface area contributed by atoms with Gasteiger partial charge in [-0.05, 0) is 19.8 Å². The molecule has 11 heteroatoms. The summed E-state index contributed by atoms with van der Waals surface area (Å²) in [5.41, 5.74) is 5.30. The number of carboxylic acids is 1. The van der Waals surface area contributed by atoms with Crippen LogP contribution in [0.4, 0.5) is 5.82 Å². The van der Waals surface area contributed by atoms with Gasteiger partial charge in [0.2, 0.25) is 5.91 Å². The first-order valence-electron chi connectivity index (χ1n) is 10.00. The van der Waals surface area contributed by atoms with Crippen LogP contribution in [0.2, 0.25) is 0 Å². The van der Waals surface area contributed by atoms with Crippen LogP contribution in [-0.2, 0) is 14.3 Å². The van der Waals surface area contributed by atoms with Gasteiger partial charge in [-0.15, -0.1) is 0 Å². The summed E-state index contributed by atoms with van der Waals surface area (Å²) in [6, 6.07) is -0.391. The van der Waals surface area contributed by atoms with E-state index >= 15 is 0 Å². The van der Waals surface area contributed by atoms with Crippen molar-refractivity contribution in [2.24, 2.45) is 0 Å². The van der Waals surface area contributed by atoms with Crippen molar-refractivity contribution in [1.82, 2.24) is 24.4 Å². The van der Waals surface area contributed by atoms with Crippen molar-refractivity contribution in [2.75, 3.05) is 25.4 Å². The summed E-state index contributed by atoms with van der Waals surface area (Å²) in [5.74, 6) is -0.852. The molecule has 4 rings (SSSR count). The summed E-state index contributed by atoms with van der Waals surface area (Å²) in [6.07, 6.45) is 4.39. The third-order valence-electron chi connectivity index (χ3n) is 6.25. The van der Waals surface area contributed by atoms with Crippen molar-refractivity contribution < 1.29 is 24.5 Å². The van der Waals surface area contributed by atoms with Crippen molar-refractivity contribution in [3.05, 3.63) is 12.7 Å². The van der Waals surface area contributed by atoms with Crippen LogP contribution in [0.1, 0.15) is 45.1 Å². The molecule has 0 unspecified atom stereocenters. The molecular weight excluding hydrogens is 392 g/mol. The number of piperidine rings is 1. The van der Waals surface area contributed by atoms with Gasteiger partial charge in [0.25, 0.3) is 0 Å². The van der Waals surface area contributed by atoms with E-state index in [4.69, 9.17) is 15.6 Å². The maximum Gasteiger partial charge on any atom is 0.303 e. The second kappa shape index (κ2) is 7.47. The maximum absolute atomic E-state index is 12.2. The number of ether oxygens (including phenoxy) is 1. The number of carboxylic acid groups (broad SMARTS) is 1. The number of aliphatic carboxylic acids is 1.